The predicted molar refractivity (Wildman–Crippen MR) is 191 cm³/mol. The van der Waals surface area contributed by atoms with Crippen molar-refractivity contribution < 1.29 is 27.5 Å². The van der Waals surface area contributed by atoms with E-state index in [9.17, 15) is 22.8 Å². The highest BCUT2D eigenvalue weighted by molar-refractivity contribution is 5.96. The lowest BCUT2D eigenvalue weighted by Crippen LogP contribution is -2.46. The van der Waals surface area contributed by atoms with Crippen molar-refractivity contribution in [3.8, 4) is 0 Å². The van der Waals surface area contributed by atoms with Gasteiger partial charge in [0.25, 0.3) is 0 Å². The Hall–Kier alpha value is -3.43. The van der Waals surface area contributed by atoms with E-state index >= 15 is 0 Å². The highest BCUT2D eigenvalue weighted by Gasteiger charge is 2.52. The fraction of sp³-hybridized carbons (Fsp3) is 0.561. The number of rotatable bonds is 12. The van der Waals surface area contributed by atoms with Crippen molar-refractivity contribution in [2.24, 2.45) is 17.3 Å². The van der Waals surface area contributed by atoms with Crippen LogP contribution in [0.1, 0.15) is 78.1 Å². The summed E-state index contributed by atoms with van der Waals surface area (Å²) in [5.41, 5.74) is 4.69. The summed E-state index contributed by atoms with van der Waals surface area (Å²) in [4.78, 5) is 29.9. The molecule has 50 heavy (non-hydrogen) atoms. The Morgan fingerprint density at radius 2 is 1.84 bits per heavy atom. The molecule has 2 amide bonds. The third kappa shape index (κ3) is 8.20. The first-order chi connectivity index (χ1) is 24.0. The molecule has 6 nitrogen and oxygen atoms in total. The van der Waals surface area contributed by atoms with E-state index in [0.29, 0.717) is 13.0 Å². The molecule has 0 saturated carbocycles. The van der Waals surface area contributed by atoms with Crippen molar-refractivity contribution in [2.75, 3.05) is 32.8 Å². The fourth-order valence-electron chi connectivity index (χ4n) is 8.56. The van der Waals surface area contributed by atoms with E-state index in [2.05, 4.69) is 65.8 Å². The third-order valence-corrected chi connectivity index (χ3v) is 11.2. The van der Waals surface area contributed by atoms with Gasteiger partial charge in [-0.05, 0) is 104 Å². The molecule has 0 spiro atoms. The van der Waals surface area contributed by atoms with Gasteiger partial charge in [-0.3, -0.25) is 9.59 Å². The summed E-state index contributed by atoms with van der Waals surface area (Å²) in [6.07, 6.45) is 24.2. The molecular weight excluding hydrogens is 639 g/mol. The smallest absolute Gasteiger partial charge is 0.369 e. The highest BCUT2D eigenvalue weighted by Crippen LogP contribution is 2.58. The second-order valence-electron chi connectivity index (χ2n) is 14.9. The number of carbonyl (C=O) groups excluding carboxylic acids is 2. The van der Waals surface area contributed by atoms with Crippen LogP contribution < -0.4 is 10.6 Å². The molecule has 0 aromatic carbocycles. The molecule has 9 heteroatoms. The molecule has 6 aliphatic rings. The van der Waals surface area contributed by atoms with Crippen molar-refractivity contribution in [3.63, 3.8) is 0 Å². The van der Waals surface area contributed by atoms with E-state index in [4.69, 9.17) is 4.74 Å². The van der Waals surface area contributed by atoms with Crippen LogP contribution >= 0.6 is 0 Å². The van der Waals surface area contributed by atoms with Crippen LogP contribution in [0.3, 0.4) is 0 Å². The van der Waals surface area contributed by atoms with Crippen molar-refractivity contribution in [3.05, 3.63) is 94.2 Å². The summed E-state index contributed by atoms with van der Waals surface area (Å²) in [7, 11) is 0. The molecule has 4 unspecified atom stereocenters. The van der Waals surface area contributed by atoms with Crippen LogP contribution in [0.5, 0.6) is 0 Å². The van der Waals surface area contributed by atoms with Crippen LogP contribution in [0.15, 0.2) is 94.2 Å². The van der Waals surface area contributed by atoms with Gasteiger partial charge in [0.1, 0.15) is 6.54 Å². The van der Waals surface area contributed by atoms with Crippen molar-refractivity contribution in [1.29, 1.82) is 0 Å². The largest absolute Gasteiger partial charge is 0.405 e. The number of halogens is 3. The number of amides is 2. The second-order valence-corrected chi connectivity index (χ2v) is 14.9. The molecule has 0 bridgehead atoms. The number of allylic oxidation sites excluding steroid dienone is 9. The number of hydrogen-bond acceptors (Lipinski definition) is 4. The number of ether oxygens (including phenoxy) is 1. The fourth-order valence-corrected chi connectivity index (χ4v) is 8.56. The first-order valence-corrected chi connectivity index (χ1v) is 18.6. The number of hydrogen-bond donors (Lipinski definition) is 2. The molecule has 5 aliphatic carbocycles. The molecule has 4 atom stereocenters. The van der Waals surface area contributed by atoms with Crippen LogP contribution in [0.4, 0.5) is 13.2 Å². The highest BCUT2D eigenvalue weighted by atomic mass is 19.4. The number of nitrogens with one attached hydrogen (secondary N) is 2. The lowest BCUT2D eigenvalue weighted by Gasteiger charge is -2.35. The minimum Gasteiger partial charge on any atom is -0.369 e. The van der Waals surface area contributed by atoms with E-state index in [-0.39, 0.29) is 29.9 Å². The molecule has 270 valence electrons. The average molecular weight is 692 g/mol. The van der Waals surface area contributed by atoms with Crippen LogP contribution in [-0.2, 0) is 14.3 Å². The predicted octanol–water partition coefficient (Wildman–Crippen LogP) is 7.75. The van der Waals surface area contributed by atoms with Gasteiger partial charge in [-0.2, -0.15) is 13.2 Å². The lowest BCUT2D eigenvalue weighted by atomic mass is 9.69. The first kappa shape index (κ1) is 36.4. The first-order valence-electron chi connectivity index (χ1n) is 18.6. The molecule has 0 aromatic rings. The minimum absolute atomic E-state index is 0.00818. The standard InChI is InChI=1S/C41H52F3N3O3/c1-28-17-18-34-33-15-6-7-16-35(33)40(36(34)25-28,39(49)45-27-41(42,43)44)21-8-9-22-47-23-19-31(20-24-47)46-38(48)37-29(2)11-10-12-30(37)26-50-32-13-4-3-5-14-32/h3-5,7,10,12-13,16,18,25,28-29,31-32H,6,8-9,11,14-15,17,19-24,26-27H2,1-2H3,(H,45,49)(H,46,48). The normalized spacial score (nSPS) is 28.4. The number of fused-ring (bicyclic) bond motifs is 2. The second kappa shape index (κ2) is 15.9. The zero-order valence-corrected chi connectivity index (χ0v) is 29.5. The van der Waals surface area contributed by atoms with Crippen LogP contribution in [0.25, 0.3) is 0 Å². The molecule has 1 heterocycles. The van der Waals surface area contributed by atoms with E-state index < -0.39 is 24.0 Å². The van der Waals surface area contributed by atoms with Gasteiger partial charge in [0, 0.05) is 24.7 Å². The van der Waals surface area contributed by atoms with Gasteiger partial charge in [0.05, 0.1) is 18.1 Å². The number of carbonyl (C=O) groups is 2. The lowest BCUT2D eigenvalue weighted by molar-refractivity contribution is -0.142. The molecule has 1 saturated heterocycles. The minimum atomic E-state index is -4.47. The van der Waals surface area contributed by atoms with Gasteiger partial charge in [0.15, 0.2) is 0 Å². The Kier molecular flexibility index (Phi) is 11.5. The Bertz CT molecular complexity index is 1550. The molecule has 1 fully saturated rings. The molecule has 1 aliphatic heterocycles. The molecule has 0 aromatic heterocycles. The van der Waals surface area contributed by atoms with Crippen molar-refractivity contribution >= 4 is 11.8 Å². The summed E-state index contributed by atoms with van der Waals surface area (Å²) in [6, 6.07) is 0.103. The van der Waals surface area contributed by atoms with Gasteiger partial charge >= 0.3 is 6.18 Å². The number of piperidine rings is 1. The van der Waals surface area contributed by atoms with Gasteiger partial charge in [-0.25, -0.2) is 0 Å². The monoisotopic (exact) mass is 691 g/mol. The van der Waals surface area contributed by atoms with Crippen LogP contribution in [0, 0.1) is 17.3 Å². The van der Waals surface area contributed by atoms with Crippen molar-refractivity contribution in [2.45, 2.75) is 96.4 Å². The Labute approximate surface area is 295 Å². The maximum absolute atomic E-state index is 13.9. The quantitative estimate of drug-likeness (QED) is 0.206. The number of nitrogens with zero attached hydrogens (tertiary/aromatic N) is 1. The Morgan fingerprint density at radius 3 is 2.60 bits per heavy atom. The molecule has 2 N–H and O–H groups in total. The SMILES string of the molecule is CC1C=C2C(=CC1)C1=C(C=CCC1)C2(CCCCN1CCC(NC(=O)C2=C(COC3C=CC=CC3)C=CCC2C)CC1)C(=O)NCC(F)(F)F. The molecular formula is C41H52F3N3O3. The summed E-state index contributed by atoms with van der Waals surface area (Å²) in [6.45, 7) is 5.86. The molecule has 6 rings (SSSR count). The van der Waals surface area contributed by atoms with Gasteiger partial charge in [0.2, 0.25) is 11.8 Å². The van der Waals surface area contributed by atoms with Gasteiger partial charge in [-0.1, -0.05) is 81.0 Å². The average Bonchev–Trinajstić information content (AvgIpc) is 3.38. The van der Waals surface area contributed by atoms with E-state index in [0.717, 1.165) is 111 Å². The van der Waals surface area contributed by atoms with E-state index in [1.807, 2.05) is 24.3 Å². The summed E-state index contributed by atoms with van der Waals surface area (Å²) in [5, 5.41) is 5.61. The maximum atomic E-state index is 13.9. The van der Waals surface area contributed by atoms with Crippen LogP contribution in [-0.4, -0.2) is 67.8 Å². The Morgan fingerprint density at radius 1 is 1.02 bits per heavy atom. The number of unbranched alkanes of at least 4 members (excludes halogenated alkanes) is 1. The maximum Gasteiger partial charge on any atom is 0.405 e. The van der Waals surface area contributed by atoms with Crippen LogP contribution in [0.2, 0.25) is 0 Å². The summed E-state index contributed by atoms with van der Waals surface area (Å²) in [5.74, 6) is -0.172. The summed E-state index contributed by atoms with van der Waals surface area (Å²) < 4.78 is 46.0. The zero-order valence-electron chi connectivity index (χ0n) is 29.5. The van der Waals surface area contributed by atoms with Gasteiger partial charge < -0.3 is 20.3 Å². The number of likely N-dealkylation sites (tertiary alicyclic amines) is 1. The van der Waals surface area contributed by atoms with E-state index in [1.54, 1.807) is 0 Å². The van der Waals surface area contributed by atoms with Gasteiger partial charge in [-0.15, -0.1) is 0 Å². The topological polar surface area (TPSA) is 70.7 Å². The third-order valence-electron chi connectivity index (χ3n) is 11.2. The Balaban J connectivity index is 1.04. The zero-order chi connectivity index (χ0) is 35.3. The van der Waals surface area contributed by atoms with E-state index in [1.165, 1.54) is 0 Å². The molecule has 0 radical (unpaired) electrons. The van der Waals surface area contributed by atoms with Crippen molar-refractivity contribution in [1.82, 2.24) is 15.5 Å². The summed E-state index contributed by atoms with van der Waals surface area (Å²) >= 11 is 0. The number of alkyl halides is 3.